The molecule has 1 aromatic carbocycles. The Morgan fingerprint density at radius 1 is 1.46 bits per heavy atom. The van der Waals surface area contributed by atoms with Crippen molar-refractivity contribution in [1.82, 2.24) is 10.2 Å². The van der Waals surface area contributed by atoms with Crippen molar-refractivity contribution in [1.29, 1.82) is 0 Å². The molecule has 0 saturated carbocycles. The van der Waals surface area contributed by atoms with Crippen LogP contribution in [0.15, 0.2) is 24.3 Å². The Hall–Kier alpha value is -2.08. The predicted molar refractivity (Wildman–Crippen MR) is 90.7 cm³/mol. The van der Waals surface area contributed by atoms with Gasteiger partial charge in [-0.1, -0.05) is 19.1 Å². The van der Waals surface area contributed by atoms with Crippen molar-refractivity contribution in [2.24, 2.45) is 0 Å². The molecule has 1 unspecified atom stereocenters. The van der Waals surface area contributed by atoms with Crippen LogP contribution in [0.4, 0.5) is 0 Å². The summed E-state index contributed by atoms with van der Waals surface area (Å²) in [5.74, 6) is 0.250. The van der Waals surface area contributed by atoms with Crippen LogP contribution in [0.1, 0.15) is 32.8 Å². The standard InChI is InChI=1S/C18H26N2O4/c1-5-20-12-18(2,3)24-17(22)15(20)10-16(21)19-11-13-7-6-8-14(9-13)23-4/h6-9,15H,5,10-12H2,1-4H3,(H,19,21). The lowest BCUT2D eigenvalue weighted by Gasteiger charge is -2.41. The molecule has 0 spiro atoms. The van der Waals surface area contributed by atoms with Crippen LogP contribution in [0, 0.1) is 0 Å². The number of cyclic esters (lactones) is 1. The van der Waals surface area contributed by atoms with Crippen molar-refractivity contribution in [3.63, 3.8) is 0 Å². The van der Waals surface area contributed by atoms with E-state index in [1.165, 1.54) is 0 Å². The molecule has 6 nitrogen and oxygen atoms in total. The Balaban J connectivity index is 1.92. The van der Waals surface area contributed by atoms with Crippen LogP contribution in [-0.4, -0.2) is 48.6 Å². The van der Waals surface area contributed by atoms with E-state index in [2.05, 4.69) is 5.32 Å². The summed E-state index contributed by atoms with van der Waals surface area (Å²) in [7, 11) is 1.60. The molecule has 0 aliphatic carbocycles. The molecule has 0 radical (unpaired) electrons. The molecular weight excluding hydrogens is 308 g/mol. The molecule has 1 fully saturated rings. The lowest BCUT2D eigenvalue weighted by Crippen LogP contribution is -2.57. The number of hydrogen-bond acceptors (Lipinski definition) is 5. The molecule has 1 aliphatic rings. The summed E-state index contributed by atoms with van der Waals surface area (Å²) in [4.78, 5) is 26.4. The van der Waals surface area contributed by atoms with Crippen molar-refractivity contribution in [3.05, 3.63) is 29.8 Å². The number of methoxy groups -OCH3 is 1. The van der Waals surface area contributed by atoms with Gasteiger partial charge < -0.3 is 14.8 Å². The number of hydrogen-bond donors (Lipinski definition) is 1. The van der Waals surface area contributed by atoms with E-state index in [-0.39, 0.29) is 18.3 Å². The van der Waals surface area contributed by atoms with Crippen LogP contribution in [0.5, 0.6) is 5.75 Å². The van der Waals surface area contributed by atoms with Crippen molar-refractivity contribution in [2.75, 3.05) is 20.2 Å². The average Bonchev–Trinajstić information content (AvgIpc) is 2.54. The van der Waals surface area contributed by atoms with Gasteiger partial charge in [0.15, 0.2) is 0 Å². The van der Waals surface area contributed by atoms with Crippen molar-refractivity contribution in [2.45, 2.75) is 45.4 Å². The van der Waals surface area contributed by atoms with Crippen molar-refractivity contribution in [3.8, 4) is 5.75 Å². The first kappa shape index (κ1) is 18.3. The molecule has 1 amide bonds. The minimum Gasteiger partial charge on any atom is -0.497 e. The normalized spacial score (nSPS) is 20.3. The molecule has 1 aromatic rings. The second-order valence-corrected chi connectivity index (χ2v) is 6.59. The molecule has 1 N–H and O–H groups in total. The van der Waals surface area contributed by atoms with Gasteiger partial charge in [0.2, 0.25) is 5.91 Å². The number of nitrogens with zero attached hydrogens (tertiary/aromatic N) is 1. The predicted octanol–water partition coefficient (Wildman–Crippen LogP) is 1.73. The topological polar surface area (TPSA) is 67.9 Å². The van der Waals surface area contributed by atoms with Gasteiger partial charge in [0.1, 0.15) is 17.4 Å². The zero-order valence-corrected chi connectivity index (χ0v) is 14.8. The van der Waals surface area contributed by atoms with Crippen LogP contribution in [-0.2, 0) is 20.9 Å². The van der Waals surface area contributed by atoms with Gasteiger partial charge in [-0.25, -0.2) is 0 Å². The number of amides is 1. The van der Waals surface area contributed by atoms with Gasteiger partial charge in [-0.05, 0) is 38.1 Å². The first-order valence-electron chi connectivity index (χ1n) is 8.21. The number of rotatable bonds is 6. The van der Waals surface area contributed by atoms with Crippen molar-refractivity contribution < 1.29 is 19.1 Å². The molecular formula is C18H26N2O4. The van der Waals surface area contributed by atoms with Gasteiger partial charge in [0.05, 0.1) is 13.5 Å². The minimum atomic E-state index is -0.520. The fourth-order valence-corrected chi connectivity index (χ4v) is 2.90. The van der Waals surface area contributed by atoms with Gasteiger partial charge in [-0.3, -0.25) is 14.5 Å². The molecule has 132 valence electrons. The molecule has 1 heterocycles. The van der Waals surface area contributed by atoms with Gasteiger partial charge in [0.25, 0.3) is 0 Å². The molecule has 0 bridgehead atoms. The van der Waals surface area contributed by atoms with Crippen LogP contribution >= 0.6 is 0 Å². The number of nitrogens with one attached hydrogen (secondary N) is 1. The van der Waals surface area contributed by atoms with Gasteiger partial charge in [-0.2, -0.15) is 0 Å². The van der Waals surface area contributed by atoms with Crippen molar-refractivity contribution >= 4 is 11.9 Å². The lowest BCUT2D eigenvalue weighted by molar-refractivity contribution is -0.178. The highest BCUT2D eigenvalue weighted by Crippen LogP contribution is 2.23. The van der Waals surface area contributed by atoms with Crippen LogP contribution in [0.2, 0.25) is 0 Å². The molecule has 2 rings (SSSR count). The fraction of sp³-hybridized carbons (Fsp3) is 0.556. The van der Waals surface area contributed by atoms with E-state index < -0.39 is 11.6 Å². The summed E-state index contributed by atoms with van der Waals surface area (Å²) in [6, 6.07) is 6.99. The molecule has 0 aromatic heterocycles. The lowest BCUT2D eigenvalue weighted by atomic mass is 10.0. The highest BCUT2D eigenvalue weighted by Gasteiger charge is 2.40. The maximum absolute atomic E-state index is 12.2. The molecule has 6 heteroatoms. The van der Waals surface area contributed by atoms with E-state index >= 15 is 0 Å². The average molecular weight is 334 g/mol. The smallest absolute Gasteiger partial charge is 0.324 e. The number of morpholine rings is 1. The zero-order chi connectivity index (χ0) is 17.7. The quantitative estimate of drug-likeness (QED) is 0.803. The van der Waals surface area contributed by atoms with Crippen LogP contribution in [0.3, 0.4) is 0 Å². The number of esters is 1. The number of benzene rings is 1. The second kappa shape index (κ2) is 7.66. The zero-order valence-electron chi connectivity index (χ0n) is 14.8. The van der Waals surface area contributed by atoms with Gasteiger partial charge >= 0.3 is 5.97 Å². The third-order valence-corrected chi connectivity index (χ3v) is 4.08. The summed E-state index contributed by atoms with van der Waals surface area (Å²) < 4.78 is 10.6. The maximum atomic E-state index is 12.2. The number of carbonyl (C=O) groups excluding carboxylic acids is 2. The first-order chi connectivity index (χ1) is 11.3. The monoisotopic (exact) mass is 334 g/mol. The van der Waals surface area contributed by atoms with E-state index in [0.717, 1.165) is 11.3 Å². The van der Waals surface area contributed by atoms with E-state index in [0.29, 0.717) is 19.6 Å². The van der Waals surface area contributed by atoms with Gasteiger partial charge in [0, 0.05) is 13.1 Å². The molecule has 1 saturated heterocycles. The van der Waals surface area contributed by atoms with Crippen LogP contribution < -0.4 is 10.1 Å². The fourth-order valence-electron chi connectivity index (χ4n) is 2.90. The minimum absolute atomic E-state index is 0.104. The SMILES string of the molecule is CCN1CC(C)(C)OC(=O)C1CC(=O)NCc1cccc(OC)c1. The largest absolute Gasteiger partial charge is 0.497 e. The summed E-state index contributed by atoms with van der Waals surface area (Å²) in [5, 5.41) is 2.85. The molecule has 1 atom stereocenters. The Labute approximate surface area is 143 Å². The summed E-state index contributed by atoms with van der Waals surface area (Å²) in [6.07, 6.45) is 0.104. The maximum Gasteiger partial charge on any atom is 0.324 e. The van der Waals surface area contributed by atoms with E-state index in [1.54, 1.807) is 7.11 Å². The van der Waals surface area contributed by atoms with E-state index in [4.69, 9.17) is 9.47 Å². The molecule has 1 aliphatic heterocycles. The number of ether oxygens (including phenoxy) is 2. The van der Waals surface area contributed by atoms with E-state index in [1.807, 2.05) is 49.9 Å². The third-order valence-electron chi connectivity index (χ3n) is 4.08. The first-order valence-corrected chi connectivity index (χ1v) is 8.21. The second-order valence-electron chi connectivity index (χ2n) is 6.59. The number of likely N-dealkylation sites (N-methyl/N-ethyl adjacent to an activating group) is 1. The summed E-state index contributed by atoms with van der Waals surface area (Å²) in [5.41, 5.74) is 0.433. The highest BCUT2D eigenvalue weighted by molar-refractivity contribution is 5.85. The Morgan fingerprint density at radius 3 is 2.88 bits per heavy atom. The summed E-state index contributed by atoms with van der Waals surface area (Å²) >= 11 is 0. The summed E-state index contributed by atoms with van der Waals surface area (Å²) in [6.45, 7) is 7.47. The van der Waals surface area contributed by atoms with Gasteiger partial charge in [-0.15, -0.1) is 0 Å². The highest BCUT2D eigenvalue weighted by atomic mass is 16.6. The number of carbonyl (C=O) groups is 2. The molecule has 24 heavy (non-hydrogen) atoms. The third kappa shape index (κ3) is 4.71. The van der Waals surface area contributed by atoms with E-state index in [9.17, 15) is 9.59 Å². The Kier molecular flexibility index (Phi) is 5.83. The Morgan fingerprint density at radius 2 is 2.21 bits per heavy atom. The Bertz CT molecular complexity index is 600. The van der Waals surface area contributed by atoms with Crippen LogP contribution in [0.25, 0.3) is 0 Å².